The Labute approximate surface area is 118 Å². The van der Waals surface area contributed by atoms with Crippen LogP contribution in [0.1, 0.15) is 12.1 Å². The smallest absolute Gasteiger partial charge is 0.345 e. The van der Waals surface area contributed by atoms with Crippen LogP contribution in [-0.4, -0.2) is 49.6 Å². The molecule has 10 nitrogen and oxygen atoms in total. The number of aliphatic hydroxyl groups excluding tert-OH is 2. The van der Waals surface area contributed by atoms with Crippen LogP contribution in [0.15, 0.2) is 10.7 Å². The lowest BCUT2D eigenvalue weighted by Gasteiger charge is -2.13. The van der Waals surface area contributed by atoms with E-state index in [2.05, 4.69) is 26.8 Å². The van der Waals surface area contributed by atoms with Crippen LogP contribution in [0.4, 0.5) is 5.82 Å². The number of nitro groups is 1. The minimum atomic E-state index is -1.36. The average Bonchev–Trinajstić information content (AvgIpc) is 2.91. The average molecular weight is 304 g/mol. The summed E-state index contributed by atoms with van der Waals surface area (Å²) in [6, 6.07) is 0. The fourth-order valence-corrected chi connectivity index (χ4v) is 2.14. The van der Waals surface area contributed by atoms with Crippen LogP contribution in [-0.2, 0) is 22.0 Å². The number of nitrogens with zero attached hydrogens (tertiary/aromatic N) is 4. The first-order valence-corrected chi connectivity index (χ1v) is 5.98. The summed E-state index contributed by atoms with van der Waals surface area (Å²) in [6.45, 7) is 1.36. The summed E-state index contributed by atoms with van der Waals surface area (Å²) in [5.41, 5.74) is 0. The third kappa shape index (κ3) is 2.47. The minimum absolute atomic E-state index is 0.167. The number of aliphatic hydroxyl groups is 2. The van der Waals surface area contributed by atoms with E-state index in [1.165, 1.54) is 6.92 Å². The molecular formula is C9H12N4O6S. The molecule has 2 N–H and O–H groups in total. The second-order valence-corrected chi connectivity index (χ2v) is 4.36. The first kappa shape index (κ1) is 14.7. The van der Waals surface area contributed by atoms with Crippen molar-refractivity contribution in [3.05, 3.63) is 22.1 Å². The molecule has 2 rings (SSSR count). The molecule has 1 aromatic rings. The van der Waals surface area contributed by atoms with Crippen molar-refractivity contribution in [2.45, 2.75) is 31.5 Å². The molecule has 110 valence electrons. The van der Waals surface area contributed by atoms with Crippen LogP contribution < -0.4 is 0 Å². The highest BCUT2D eigenvalue weighted by molar-refractivity contribution is 7.47. The monoisotopic (exact) mass is 304 g/mol. The molecule has 0 aromatic carbocycles. The van der Waals surface area contributed by atoms with Crippen molar-refractivity contribution < 1.29 is 24.7 Å². The Kier molecular flexibility index (Phi) is 4.23. The third-order valence-electron chi connectivity index (χ3n) is 3.03. The second-order valence-electron chi connectivity index (χ2n) is 4.21. The van der Waals surface area contributed by atoms with Crippen LogP contribution in [0.5, 0.6) is 0 Å². The van der Waals surface area contributed by atoms with E-state index < -0.39 is 29.5 Å². The lowest BCUT2D eigenvalue weighted by atomic mass is 10.1. The van der Waals surface area contributed by atoms with Crippen molar-refractivity contribution in [3.63, 3.8) is 0 Å². The van der Waals surface area contributed by atoms with E-state index in [9.17, 15) is 20.3 Å². The largest absolute Gasteiger partial charge is 0.387 e. The van der Waals surface area contributed by atoms with Gasteiger partial charge in [-0.25, -0.2) is 4.98 Å². The maximum atomic E-state index is 10.9. The van der Waals surface area contributed by atoms with Gasteiger partial charge in [-0.1, -0.05) is 0 Å². The summed E-state index contributed by atoms with van der Waals surface area (Å²) < 4.78 is 9.49. The summed E-state index contributed by atoms with van der Waals surface area (Å²) >= 11 is 4.24. The molecule has 2 heterocycles. The lowest BCUT2D eigenvalue weighted by molar-refractivity contribution is -0.394. The predicted octanol–water partition coefficient (Wildman–Crippen LogP) is -0.619. The molecule has 0 spiro atoms. The minimum Gasteiger partial charge on any atom is -0.387 e. The first-order chi connectivity index (χ1) is 9.47. The summed E-state index contributed by atoms with van der Waals surface area (Å²) in [4.78, 5) is 18.7. The SMILES string of the molecule is Cc1ncc([N+](=O)[O-])n1C1OC(CON=S)C(O)C1O. The van der Waals surface area contributed by atoms with Gasteiger partial charge in [0.05, 0.1) is 12.4 Å². The molecule has 1 aliphatic rings. The van der Waals surface area contributed by atoms with E-state index in [4.69, 9.17) is 4.74 Å². The Morgan fingerprint density at radius 1 is 1.65 bits per heavy atom. The number of hydrogen-bond donors (Lipinski definition) is 2. The van der Waals surface area contributed by atoms with E-state index in [0.717, 1.165) is 10.8 Å². The number of aryl methyl sites for hydroxylation is 1. The molecule has 1 saturated heterocycles. The quantitative estimate of drug-likeness (QED) is 0.543. The predicted molar refractivity (Wildman–Crippen MR) is 65.3 cm³/mol. The van der Waals surface area contributed by atoms with Crippen LogP contribution in [0.25, 0.3) is 0 Å². The maximum Gasteiger partial charge on any atom is 0.345 e. The van der Waals surface area contributed by atoms with Crippen molar-refractivity contribution in [1.29, 1.82) is 0 Å². The van der Waals surface area contributed by atoms with Crippen molar-refractivity contribution in [2.24, 2.45) is 4.53 Å². The lowest BCUT2D eigenvalue weighted by Crippen LogP contribution is -2.33. The van der Waals surface area contributed by atoms with E-state index in [-0.39, 0.29) is 18.2 Å². The third-order valence-corrected chi connectivity index (χ3v) is 3.14. The second kappa shape index (κ2) is 5.75. The molecule has 0 aliphatic carbocycles. The Hall–Kier alpha value is -1.69. The van der Waals surface area contributed by atoms with Gasteiger partial charge in [-0.05, 0) is 9.45 Å². The molecule has 1 aromatic heterocycles. The molecule has 0 radical (unpaired) electrons. The summed E-state index contributed by atoms with van der Waals surface area (Å²) in [5, 5.41) is 30.7. The molecule has 4 atom stereocenters. The Morgan fingerprint density at radius 2 is 2.35 bits per heavy atom. The number of hydrogen-bond acceptors (Lipinski definition) is 9. The summed E-state index contributed by atoms with van der Waals surface area (Å²) in [7, 11) is 0. The normalized spacial score (nSPS) is 29.4. The van der Waals surface area contributed by atoms with Gasteiger partial charge in [0, 0.05) is 6.92 Å². The van der Waals surface area contributed by atoms with Crippen molar-refractivity contribution in [1.82, 2.24) is 9.55 Å². The topological polar surface area (TPSA) is 132 Å². The first-order valence-electron chi connectivity index (χ1n) is 5.61. The maximum absolute atomic E-state index is 10.9. The van der Waals surface area contributed by atoms with Crippen LogP contribution in [0.3, 0.4) is 0 Å². The van der Waals surface area contributed by atoms with Crippen LogP contribution >= 0.6 is 0 Å². The van der Waals surface area contributed by atoms with Gasteiger partial charge >= 0.3 is 5.82 Å². The van der Waals surface area contributed by atoms with Gasteiger partial charge in [0.25, 0.3) is 0 Å². The Balaban J connectivity index is 2.27. The van der Waals surface area contributed by atoms with Gasteiger partial charge in [0.2, 0.25) is 6.23 Å². The molecule has 20 heavy (non-hydrogen) atoms. The van der Waals surface area contributed by atoms with Gasteiger partial charge < -0.3 is 29.9 Å². The van der Waals surface area contributed by atoms with Crippen molar-refractivity contribution in [3.8, 4) is 0 Å². The van der Waals surface area contributed by atoms with E-state index in [1.54, 1.807) is 0 Å². The molecule has 0 amide bonds. The zero-order valence-corrected chi connectivity index (χ0v) is 11.1. The number of imidazole rings is 1. The van der Waals surface area contributed by atoms with Crippen molar-refractivity contribution in [2.75, 3.05) is 6.61 Å². The zero-order valence-electron chi connectivity index (χ0n) is 10.3. The standard InChI is InChI=1S/C9H12N4O6S/c1-4-10-2-6(13(16)17)12(4)9-8(15)7(14)5(19-9)3-18-11-20/h2,5,7-9,14-15H,3H2,1H3. The van der Waals surface area contributed by atoms with Gasteiger partial charge in [-0.3, -0.25) is 0 Å². The molecule has 0 bridgehead atoms. The van der Waals surface area contributed by atoms with E-state index in [0.29, 0.717) is 0 Å². The van der Waals surface area contributed by atoms with E-state index >= 15 is 0 Å². The summed E-state index contributed by atoms with van der Waals surface area (Å²) in [5.74, 6) is -0.0595. The van der Waals surface area contributed by atoms with Gasteiger partial charge in [-0.15, -0.1) is 0 Å². The molecular weight excluding hydrogens is 292 g/mol. The molecule has 4 unspecified atom stereocenters. The number of aromatic nitrogens is 2. The fraction of sp³-hybridized carbons (Fsp3) is 0.667. The summed E-state index contributed by atoms with van der Waals surface area (Å²) in [6.07, 6.45) is -3.62. The Morgan fingerprint density at radius 3 is 2.95 bits per heavy atom. The van der Waals surface area contributed by atoms with Gasteiger partial charge in [0.1, 0.15) is 31.1 Å². The zero-order chi connectivity index (χ0) is 14.9. The van der Waals surface area contributed by atoms with Gasteiger partial charge in [-0.2, -0.15) is 4.57 Å². The van der Waals surface area contributed by atoms with E-state index in [1.807, 2.05) is 0 Å². The molecule has 0 saturated carbocycles. The number of rotatable bonds is 5. The molecule has 1 fully saturated rings. The molecule has 1 aliphatic heterocycles. The van der Waals surface area contributed by atoms with Crippen LogP contribution in [0, 0.1) is 17.0 Å². The van der Waals surface area contributed by atoms with Crippen molar-refractivity contribution >= 4 is 18.2 Å². The van der Waals surface area contributed by atoms with Gasteiger partial charge in [0.15, 0.2) is 5.82 Å². The Bertz CT molecular complexity index is 523. The fourth-order valence-electron chi connectivity index (χ4n) is 2.07. The highest BCUT2D eigenvalue weighted by Crippen LogP contribution is 2.33. The molecule has 11 heteroatoms. The highest BCUT2D eigenvalue weighted by atomic mass is 32.1. The number of ether oxygens (including phenoxy) is 1. The van der Waals surface area contributed by atoms with Crippen LogP contribution in [0.2, 0.25) is 0 Å². The highest BCUT2D eigenvalue weighted by Gasteiger charge is 2.48.